The first kappa shape index (κ1) is 13.8. The van der Waals surface area contributed by atoms with E-state index in [-0.39, 0.29) is 0 Å². The van der Waals surface area contributed by atoms with Gasteiger partial charge >= 0.3 is 0 Å². The Morgan fingerprint density at radius 1 is 1.50 bits per heavy atom. The molecule has 0 saturated heterocycles. The average Bonchev–Trinajstić information content (AvgIpc) is 2.23. The van der Waals surface area contributed by atoms with Gasteiger partial charge in [-0.3, -0.25) is 0 Å². The first-order valence-corrected chi connectivity index (χ1v) is 6.83. The van der Waals surface area contributed by atoms with E-state index in [1.165, 1.54) is 5.56 Å². The summed E-state index contributed by atoms with van der Waals surface area (Å²) >= 11 is 9.21. The summed E-state index contributed by atoms with van der Waals surface area (Å²) in [7, 11) is 0. The van der Waals surface area contributed by atoms with Crippen LogP contribution in [0.5, 0.6) is 0 Å². The van der Waals surface area contributed by atoms with Crippen molar-refractivity contribution in [3.05, 3.63) is 22.3 Å². The van der Waals surface area contributed by atoms with Crippen molar-refractivity contribution in [1.29, 1.82) is 0 Å². The molecule has 1 aromatic heterocycles. The van der Waals surface area contributed by atoms with E-state index in [0.717, 1.165) is 23.3 Å². The number of aryl methyl sites for hydroxylation is 1. The Morgan fingerprint density at radius 2 is 2.19 bits per heavy atom. The summed E-state index contributed by atoms with van der Waals surface area (Å²) in [4.78, 5) is 6.73. The van der Waals surface area contributed by atoms with Crippen molar-refractivity contribution in [1.82, 2.24) is 4.98 Å². The molecular weight excluding hydrogens is 288 g/mol. The minimum atomic E-state index is 0.441. The van der Waals surface area contributed by atoms with Crippen LogP contribution in [0.15, 0.2) is 16.7 Å². The van der Waals surface area contributed by atoms with Crippen LogP contribution in [0.4, 0.5) is 5.82 Å². The molecule has 0 saturated carbocycles. The zero-order valence-electron chi connectivity index (χ0n) is 10.0. The summed E-state index contributed by atoms with van der Waals surface area (Å²) in [6.45, 7) is 7.38. The molecule has 0 amide bonds. The monoisotopic (exact) mass is 304 g/mol. The Balaban J connectivity index is 2.88. The van der Waals surface area contributed by atoms with E-state index < -0.39 is 0 Å². The summed E-state index contributed by atoms with van der Waals surface area (Å²) < 4.78 is 1.05. The first-order valence-electron chi connectivity index (χ1n) is 5.51. The Kier molecular flexibility index (Phi) is 5.56. The molecule has 0 aliphatic carbocycles. The molecule has 0 fully saturated rings. The van der Waals surface area contributed by atoms with Crippen LogP contribution >= 0.6 is 27.5 Å². The van der Waals surface area contributed by atoms with Crippen LogP contribution in [0.1, 0.15) is 25.8 Å². The van der Waals surface area contributed by atoms with Gasteiger partial charge in [0.1, 0.15) is 5.82 Å². The molecule has 1 rings (SSSR count). The van der Waals surface area contributed by atoms with Crippen molar-refractivity contribution in [3.8, 4) is 0 Å². The van der Waals surface area contributed by atoms with Gasteiger partial charge in [-0.25, -0.2) is 4.98 Å². The van der Waals surface area contributed by atoms with Gasteiger partial charge in [-0.2, -0.15) is 0 Å². The summed E-state index contributed by atoms with van der Waals surface area (Å²) in [6.07, 6.45) is 2.84. The zero-order valence-corrected chi connectivity index (χ0v) is 12.3. The molecule has 0 aliphatic rings. The second kappa shape index (κ2) is 6.45. The maximum Gasteiger partial charge on any atom is 0.129 e. The van der Waals surface area contributed by atoms with Crippen LogP contribution in [0.25, 0.3) is 0 Å². The predicted octanol–water partition coefficient (Wildman–Crippen LogP) is 4.00. The van der Waals surface area contributed by atoms with Gasteiger partial charge in [0.25, 0.3) is 0 Å². The molecule has 1 heterocycles. The Labute approximate surface area is 111 Å². The normalized spacial score (nSPS) is 10.9. The zero-order chi connectivity index (χ0) is 12.1. The van der Waals surface area contributed by atoms with Gasteiger partial charge in [0, 0.05) is 29.1 Å². The Bertz CT molecular complexity index is 342. The van der Waals surface area contributed by atoms with E-state index in [4.69, 9.17) is 11.6 Å². The quantitative estimate of drug-likeness (QED) is 0.765. The number of nitrogens with zero attached hydrogens (tertiary/aromatic N) is 2. The van der Waals surface area contributed by atoms with Gasteiger partial charge in [0.15, 0.2) is 0 Å². The van der Waals surface area contributed by atoms with Crippen LogP contribution < -0.4 is 4.90 Å². The first-order chi connectivity index (χ1) is 7.56. The van der Waals surface area contributed by atoms with Crippen LogP contribution in [-0.4, -0.2) is 23.5 Å². The topological polar surface area (TPSA) is 16.1 Å². The highest BCUT2D eigenvalue weighted by molar-refractivity contribution is 9.10. The van der Waals surface area contributed by atoms with E-state index in [1.807, 2.05) is 6.20 Å². The van der Waals surface area contributed by atoms with E-state index in [1.54, 1.807) is 0 Å². The fourth-order valence-electron chi connectivity index (χ4n) is 1.55. The summed E-state index contributed by atoms with van der Waals surface area (Å²) in [5, 5.41) is 0. The van der Waals surface area contributed by atoms with E-state index >= 15 is 0 Å². The van der Waals surface area contributed by atoms with E-state index in [9.17, 15) is 0 Å². The lowest BCUT2D eigenvalue weighted by Crippen LogP contribution is -2.32. The molecule has 0 unspecified atom stereocenters. The van der Waals surface area contributed by atoms with Gasteiger partial charge in [-0.05, 0) is 54.8 Å². The molecule has 1 aromatic rings. The third-order valence-corrected chi connectivity index (χ3v) is 3.58. The average molecular weight is 306 g/mol. The lowest BCUT2D eigenvalue weighted by Gasteiger charge is -2.28. The van der Waals surface area contributed by atoms with Crippen molar-refractivity contribution < 1.29 is 0 Å². The SMILES string of the molecule is Cc1cc(N(CCCCl)C(C)C)ncc1Br. The Hall–Kier alpha value is -0.280. The number of rotatable bonds is 5. The molecule has 0 spiro atoms. The molecule has 0 N–H and O–H groups in total. The summed E-state index contributed by atoms with van der Waals surface area (Å²) in [5.41, 5.74) is 1.21. The van der Waals surface area contributed by atoms with Gasteiger partial charge in [-0.1, -0.05) is 0 Å². The molecule has 0 bridgehead atoms. The van der Waals surface area contributed by atoms with Crippen LogP contribution in [-0.2, 0) is 0 Å². The van der Waals surface area contributed by atoms with E-state index in [2.05, 4.69) is 52.7 Å². The third kappa shape index (κ3) is 3.63. The lowest BCUT2D eigenvalue weighted by molar-refractivity contribution is 0.663. The number of pyridine rings is 1. The second-order valence-corrected chi connectivity index (χ2v) is 5.35. The van der Waals surface area contributed by atoms with Crippen LogP contribution in [0, 0.1) is 6.92 Å². The lowest BCUT2D eigenvalue weighted by atomic mass is 10.2. The molecule has 16 heavy (non-hydrogen) atoms. The molecule has 0 radical (unpaired) electrons. The van der Waals surface area contributed by atoms with Gasteiger partial charge < -0.3 is 4.90 Å². The maximum absolute atomic E-state index is 5.74. The predicted molar refractivity (Wildman–Crippen MR) is 74.5 cm³/mol. The third-order valence-electron chi connectivity index (χ3n) is 2.48. The fraction of sp³-hybridized carbons (Fsp3) is 0.583. The number of aromatic nitrogens is 1. The fourth-order valence-corrected chi connectivity index (χ4v) is 1.89. The summed E-state index contributed by atoms with van der Waals surface area (Å²) in [6, 6.07) is 2.55. The smallest absolute Gasteiger partial charge is 0.129 e. The molecule has 90 valence electrons. The molecule has 4 heteroatoms. The van der Waals surface area contributed by atoms with Crippen molar-refractivity contribution >= 4 is 33.3 Å². The highest BCUT2D eigenvalue weighted by Gasteiger charge is 2.12. The largest absolute Gasteiger partial charge is 0.354 e. The van der Waals surface area contributed by atoms with Crippen molar-refractivity contribution in [2.45, 2.75) is 33.2 Å². The van der Waals surface area contributed by atoms with Crippen LogP contribution in [0.2, 0.25) is 0 Å². The van der Waals surface area contributed by atoms with Crippen molar-refractivity contribution in [2.24, 2.45) is 0 Å². The summed E-state index contributed by atoms with van der Waals surface area (Å²) in [5.74, 6) is 1.72. The number of hydrogen-bond acceptors (Lipinski definition) is 2. The highest BCUT2D eigenvalue weighted by Crippen LogP contribution is 2.21. The number of hydrogen-bond donors (Lipinski definition) is 0. The molecule has 2 nitrogen and oxygen atoms in total. The van der Waals surface area contributed by atoms with Crippen molar-refractivity contribution in [3.63, 3.8) is 0 Å². The van der Waals surface area contributed by atoms with E-state index in [0.29, 0.717) is 11.9 Å². The maximum atomic E-state index is 5.74. The number of halogens is 2. The minimum absolute atomic E-state index is 0.441. The Morgan fingerprint density at radius 3 is 2.69 bits per heavy atom. The highest BCUT2D eigenvalue weighted by atomic mass is 79.9. The van der Waals surface area contributed by atoms with Gasteiger partial charge in [0.2, 0.25) is 0 Å². The molecule has 0 aliphatic heterocycles. The molecular formula is C12H18BrClN2. The number of anilines is 1. The van der Waals surface area contributed by atoms with Gasteiger partial charge in [0.05, 0.1) is 0 Å². The van der Waals surface area contributed by atoms with Crippen molar-refractivity contribution in [2.75, 3.05) is 17.3 Å². The molecule has 0 aromatic carbocycles. The van der Waals surface area contributed by atoms with Crippen LogP contribution in [0.3, 0.4) is 0 Å². The van der Waals surface area contributed by atoms with Gasteiger partial charge in [-0.15, -0.1) is 11.6 Å². The minimum Gasteiger partial charge on any atom is -0.354 e. The molecule has 0 atom stereocenters. The standard InChI is InChI=1S/C12H18BrClN2/c1-9(2)16(6-4-5-14)12-7-10(3)11(13)8-15-12/h7-9H,4-6H2,1-3H3. The second-order valence-electron chi connectivity index (χ2n) is 4.12. The number of alkyl halides is 1.